The van der Waals surface area contributed by atoms with Crippen molar-refractivity contribution >= 4 is 0 Å². The number of rotatable bonds is 5. The SMILES string of the molecule is CC(N)Cc1cc(F)c(OCC2CCC(C)(C)O2)c(F)c1. The summed E-state index contributed by atoms with van der Waals surface area (Å²) in [5.41, 5.74) is 5.98. The predicted octanol–water partition coefficient (Wildman–Crippen LogP) is 3.19. The van der Waals surface area contributed by atoms with Crippen molar-refractivity contribution in [2.75, 3.05) is 6.61 Å². The second kappa shape index (κ2) is 6.28. The van der Waals surface area contributed by atoms with Gasteiger partial charge in [-0.3, -0.25) is 0 Å². The lowest BCUT2D eigenvalue weighted by atomic mass is 10.1. The van der Waals surface area contributed by atoms with Crippen LogP contribution in [0.4, 0.5) is 8.78 Å². The predicted molar refractivity (Wildman–Crippen MR) is 77.4 cm³/mol. The minimum Gasteiger partial charge on any atom is -0.485 e. The Morgan fingerprint density at radius 2 is 2.00 bits per heavy atom. The van der Waals surface area contributed by atoms with Crippen molar-refractivity contribution in [1.29, 1.82) is 0 Å². The summed E-state index contributed by atoms with van der Waals surface area (Å²) < 4.78 is 38.9. The Balaban J connectivity index is 2.00. The Hall–Kier alpha value is -1.20. The Morgan fingerprint density at radius 3 is 2.48 bits per heavy atom. The van der Waals surface area contributed by atoms with Gasteiger partial charge in [0.25, 0.3) is 0 Å². The minimum atomic E-state index is -0.692. The van der Waals surface area contributed by atoms with Gasteiger partial charge in [0.05, 0.1) is 11.7 Å². The van der Waals surface area contributed by atoms with Crippen molar-refractivity contribution in [1.82, 2.24) is 0 Å². The molecule has 2 unspecified atom stereocenters. The molecule has 1 fully saturated rings. The molecule has 0 radical (unpaired) electrons. The highest BCUT2D eigenvalue weighted by atomic mass is 19.1. The third-order valence-corrected chi connectivity index (χ3v) is 3.58. The van der Waals surface area contributed by atoms with Gasteiger partial charge in [-0.15, -0.1) is 0 Å². The Labute approximate surface area is 124 Å². The van der Waals surface area contributed by atoms with E-state index in [0.29, 0.717) is 12.0 Å². The lowest BCUT2D eigenvalue weighted by molar-refractivity contribution is -0.0335. The fourth-order valence-electron chi connectivity index (χ4n) is 2.61. The van der Waals surface area contributed by atoms with Crippen molar-refractivity contribution in [2.24, 2.45) is 5.73 Å². The summed E-state index contributed by atoms with van der Waals surface area (Å²) in [7, 11) is 0. The van der Waals surface area contributed by atoms with Crippen molar-refractivity contribution < 1.29 is 18.3 Å². The van der Waals surface area contributed by atoms with Crippen molar-refractivity contribution in [3.05, 3.63) is 29.3 Å². The zero-order chi connectivity index (χ0) is 15.6. The highest BCUT2D eigenvalue weighted by Crippen LogP contribution is 2.30. The third-order valence-electron chi connectivity index (χ3n) is 3.58. The van der Waals surface area contributed by atoms with Gasteiger partial charge in [0.1, 0.15) is 6.61 Å². The molecule has 1 saturated heterocycles. The van der Waals surface area contributed by atoms with Crippen LogP contribution in [0, 0.1) is 11.6 Å². The first-order valence-electron chi connectivity index (χ1n) is 7.31. The van der Waals surface area contributed by atoms with E-state index in [0.717, 1.165) is 12.8 Å². The first-order valence-corrected chi connectivity index (χ1v) is 7.31. The quantitative estimate of drug-likeness (QED) is 0.908. The van der Waals surface area contributed by atoms with Crippen molar-refractivity contribution in [3.8, 4) is 5.75 Å². The van der Waals surface area contributed by atoms with Gasteiger partial charge in [-0.2, -0.15) is 0 Å². The maximum atomic E-state index is 13.9. The van der Waals surface area contributed by atoms with E-state index in [2.05, 4.69) is 0 Å². The molecule has 2 atom stereocenters. The van der Waals surface area contributed by atoms with Gasteiger partial charge in [-0.1, -0.05) is 0 Å². The minimum absolute atomic E-state index is 0.123. The molecule has 0 aromatic heterocycles. The molecule has 0 aliphatic carbocycles. The van der Waals surface area contributed by atoms with E-state index >= 15 is 0 Å². The molecule has 0 spiro atoms. The van der Waals surface area contributed by atoms with Crippen LogP contribution >= 0.6 is 0 Å². The van der Waals surface area contributed by atoms with Crippen LogP contribution in [0.15, 0.2) is 12.1 Å². The molecule has 5 heteroatoms. The normalized spacial score (nSPS) is 22.3. The summed E-state index contributed by atoms with van der Waals surface area (Å²) in [5.74, 6) is -1.72. The molecule has 21 heavy (non-hydrogen) atoms. The zero-order valence-electron chi connectivity index (χ0n) is 12.8. The largest absolute Gasteiger partial charge is 0.485 e. The molecular formula is C16H23F2NO2. The van der Waals surface area contributed by atoms with Crippen LogP contribution in [0.2, 0.25) is 0 Å². The van der Waals surface area contributed by atoms with Crippen molar-refractivity contribution in [3.63, 3.8) is 0 Å². The standard InChI is InChI=1S/C16H23F2NO2/c1-10(19)6-11-7-13(17)15(14(18)8-11)20-9-12-4-5-16(2,3)21-12/h7-8,10,12H,4-6,9,19H2,1-3H3. The Morgan fingerprint density at radius 1 is 1.38 bits per heavy atom. The lowest BCUT2D eigenvalue weighted by Gasteiger charge is -2.19. The van der Waals surface area contributed by atoms with E-state index in [-0.39, 0.29) is 30.1 Å². The molecule has 1 aliphatic rings. The second-order valence-electron chi connectivity index (χ2n) is 6.42. The van der Waals surface area contributed by atoms with Gasteiger partial charge in [0, 0.05) is 6.04 Å². The average Bonchev–Trinajstić information content (AvgIpc) is 2.67. The number of hydrogen-bond acceptors (Lipinski definition) is 3. The number of nitrogens with two attached hydrogens (primary N) is 1. The van der Waals surface area contributed by atoms with Crippen LogP contribution < -0.4 is 10.5 Å². The van der Waals surface area contributed by atoms with E-state index in [1.165, 1.54) is 12.1 Å². The highest BCUT2D eigenvalue weighted by Gasteiger charge is 2.32. The zero-order valence-corrected chi connectivity index (χ0v) is 12.8. The summed E-state index contributed by atoms with van der Waals surface area (Å²) in [6, 6.07) is 2.41. The van der Waals surface area contributed by atoms with E-state index in [4.69, 9.17) is 15.2 Å². The fourth-order valence-corrected chi connectivity index (χ4v) is 2.61. The number of hydrogen-bond donors (Lipinski definition) is 1. The topological polar surface area (TPSA) is 44.5 Å². The molecule has 118 valence electrons. The lowest BCUT2D eigenvalue weighted by Crippen LogP contribution is -2.24. The molecule has 2 N–H and O–H groups in total. The summed E-state index contributed by atoms with van der Waals surface area (Å²) in [6.07, 6.45) is 2.05. The van der Waals surface area contributed by atoms with Gasteiger partial charge in [-0.05, 0) is 57.7 Å². The van der Waals surface area contributed by atoms with Crippen LogP contribution in [-0.4, -0.2) is 24.4 Å². The molecule has 3 nitrogen and oxygen atoms in total. The van der Waals surface area contributed by atoms with Crippen molar-refractivity contribution in [2.45, 2.75) is 57.8 Å². The molecule has 1 heterocycles. The fraction of sp³-hybridized carbons (Fsp3) is 0.625. The summed E-state index contributed by atoms with van der Waals surface area (Å²) in [6.45, 7) is 5.94. The molecule has 0 saturated carbocycles. The first-order chi connectivity index (χ1) is 9.77. The molecule has 1 aliphatic heterocycles. The maximum Gasteiger partial charge on any atom is 0.190 e. The van der Waals surface area contributed by atoms with E-state index in [9.17, 15) is 8.78 Å². The number of halogens is 2. The molecule has 0 bridgehead atoms. The van der Waals surface area contributed by atoms with Gasteiger partial charge >= 0.3 is 0 Å². The van der Waals surface area contributed by atoms with Gasteiger partial charge in [0.15, 0.2) is 17.4 Å². The monoisotopic (exact) mass is 299 g/mol. The van der Waals surface area contributed by atoms with Crippen LogP contribution in [0.1, 0.15) is 39.2 Å². The second-order valence-corrected chi connectivity index (χ2v) is 6.42. The summed E-state index contributed by atoms with van der Waals surface area (Å²) in [5, 5.41) is 0. The number of benzene rings is 1. The highest BCUT2D eigenvalue weighted by molar-refractivity contribution is 5.31. The molecule has 1 aromatic carbocycles. The Bertz CT molecular complexity index is 480. The van der Waals surface area contributed by atoms with E-state index < -0.39 is 11.6 Å². The van der Waals surface area contributed by atoms with Gasteiger partial charge in [-0.25, -0.2) is 8.78 Å². The summed E-state index contributed by atoms with van der Waals surface area (Å²) in [4.78, 5) is 0. The van der Waals surface area contributed by atoms with E-state index in [1.807, 2.05) is 13.8 Å². The van der Waals surface area contributed by atoms with Gasteiger partial charge in [0.2, 0.25) is 0 Å². The van der Waals surface area contributed by atoms with Crippen LogP contribution in [0.3, 0.4) is 0 Å². The first kappa shape index (κ1) is 16.2. The molecule has 2 rings (SSSR count). The van der Waals surface area contributed by atoms with E-state index in [1.54, 1.807) is 6.92 Å². The third kappa shape index (κ3) is 4.38. The average molecular weight is 299 g/mol. The summed E-state index contributed by atoms with van der Waals surface area (Å²) >= 11 is 0. The Kier molecular flexibility index (Phi) is 4.84. The van der Waals surface area contributed by atoms with Gasteiger partial charge < -0.3 is 15.2 Å². The molecule has 0 amide bonds. The smallest absolute Gasteiger partial charge is 0.190 e. The van der Waals surface area contributed by atoms with Crippen LogP contribution in [0.25, 0.3) is 0 Å². The molecule has 1 aromatic rings. The number of ether oxygens (including phenoxy) is 2. The van der Waals surface area contributed by atoms with Crippen LogP contribution in [0.5, 0.6) is 5.75 Å². The molecular weight excluding hydrogens is 276 g/mol. The van der Waals surface area contributed by atoms with Crippen LogP contribution in [-0.2, 0) is 11.2 Å². The maximum absolute atomic E-state index is 13.9.